The lowest BCUT2D eigenvalue weighted by molar-refractivity contribution is -0.118. The van der Waals surface area contributed by atoms with Crippen LogP contribution in [0.1, 0.15) is 37.0 Å². The summed E-state index contributed by atoms with van der Waals surface area (Å²) in [4.78, 5) is 50.2. The monoisotopic (exact) mass is 497 g/mol. The average molecular weight is 498 g/mol. The second-order valence-electron chi connectivity index (χ2n) is 8.70. The minimum atomic E-state index is -0.935. The molecule has 0 aliphatic carbocycles. The third-order valence-electron chi connectivity index (χ3n) is 5.44. The zero-order valence-electron chi connectivity index (χ0n) is 20.8. The van der Waals surface area contributed by atoms with Crippen LogP contribution in [0.5, 0.6) is 5.75 Å². The van der Waals surface area contributed by atoms with Crippen LogP contribution >= 0.6 is 0 Å². The number of nitroso groups, excluding NO2 is 1. The maximum atomic E-state index is 13.3. The predicted octanol–water partition coefficient (Wildman–Crippen LogP) is 3.95. The number of benzene rings is 2. The molecule has 36 heavy (non-hydrogen) atoms. The summed E-state index contributed by atoms with van der Waals surface area (Å²) in [5.41, 5.74) is 3.36. The van der Waals surface area contributed by atoms with Crippen molar-refractivity contribution in [3.8, 4) is 5.75 Å². The van der Waals surface area contributed by atoms with Crippen LogP contribution in [0.4, 0.5) is 15.3 Å². The summed E-state index contributed by atoms with van der Waals surface area (Å²) in [6.07, 6.45) is -1.25. The van der Waals surface area contributed by atoms with Gasteiger partial charge >= 0.3 is 12.1 Å². The van der Waals surface area contributed by atoms with Crippen LogP contribution in [0, 0.1) is 11.8 Å². The Morgan fingerprint density at radius 1 is 1.17 bits per heavy atom. The van der Waals surface area contributed by atoms with Gasteiger partial charge in [0.05, 0.1) is 25.7 Å². The van der Waals surface area contributed by atoms with Gasteiger partial charge in [-0.15, -0.1) is 4.91 Å². The minimum Gasteiger partial charge on any atom is -0.491 e. The number of carbonyl (C=O) groups excluding carboxylic acids is 3. The number of urea groups is 2. The normalized spacial score (nSPS) is 15.6. The first-order chi connectivity index (χ1) is 17.2. The molecule has 1 heterocycles. The molecule has 0 spiro atoms. The van der Waals surface area contributed by atoms with E-state index in [0.29, 0.717) is 18.0 Å². The zero-order valence-corrected chi connectivity index (χ0v) is 20.8. The van der Waals surface area contributed by atoms with Crippen molar-refractivity contribution >= 4 is 23.7 Å². The molecule has 2 aromatic carbocycles. The Kier molecular flexibility index (Phi) is 8.96. The Morgan fingerprint density at radius 3 is 2.53 bits per heavy atom. The zero-order chi connectivity index (χ0) is 26.2. The van der Waals surface area contributed by atoms with Gasteiger partial charge in [-0.2, -0.15) is 0 Å². The standard InChI is InChI=1S/C25H31N5O6/c1-16(2)36-21-10-9-20(13-19(21)15-35-4)26-23-27-24(32)29(12-11-22(31)28-34)25(33)30(23)14-18-7-5-17(3)6-8-18/h5-10,13,16,23,26H,11-12,14-15H2,1-4H3,(H,27,32). The smallest absolute Gasteiger partial charge is 0.331 e. The molecule has 1 fully saturated rings. The van der Waals surface area contributed by atoms with E-state index in [4.69, 9.17) is 9.47 Å². The lowest BCUT2D eigenvalue weighted by atomic mass is 10.1. The number of methoxy groups -OCH3 is 1. The molecule has 1 saturated heterocycles. The number of nitrogens with one attached hydrogen (secondary N) is 2. The van der Waals surface area contributed by atoms with Crippen LogP contribution in [0.3, 0.4) is 0 Å². The second kappa shape index (κ2) is 12.1. The molecule has 1 aliphatic heterocycles. The number of imide groups is 1. The fourth-order valence-corrected chi connectivity index (χ4v) is 3.70. The fourth-order valence-electron chi connectivity index (χ4n) is 3.70. The molecule has 11 heteroatoms. The number of aryl methyl sites for hydroxylation is 1. The van der Waals surface area contributed by atoms with E-state index in [-0.39, 0.29) is 25.6 Å². The van der Waals surface area contributed by atoms with E-state index in [2.05, 4.69) is 15.8 Å². The maximum Gasteiger partial charge on any atom is 0.331 e. The maximum absolute atomic E-state index is 13.3. The van der Waals surface area contributed by atoms with Gasteiger partial charge in [-0.1, -0.05) is 29.8 Å². The van der Waals surface area contributed by atoms with E-state index in [1.807, 2.05) is 51.1 Å². The van der Waals surface area contributed by atoms with E-state index in [1.165, 1.54) is 4.90 Å². The number of hydrogen-bond acceptors (Lipinski definition) is 7. The quantitative estimate of drug-likeness (QED) is 0.450. The van der Waals surface area contributed by atoms with Crippen molar-refractivity contribution in [2.75, 3.05) is 19.0 Å². The molecule has 3 rings (SSSR count). The SMILES string of the molecule is COCc1cc(NC2NC(=O)N(CCC(=O)N=O)C(=O)N2Cc2ccc(C)cc2)ccc1OC(C)C. The Labute approximate surface area is 209 Å². The van der Waals surface area contributed by atoms with Gasteiger partial charge in [-0.05, 0) is 44.5 Å². The molecule has 2 aromatic rings. The average Bonchev–Trinajstić information content (AvgIpc) is 2.84. The van der Waals surface area contributed by atoms with Crippen molar-refractivity contribution in [3.05, 3.63) is 64.1 Å². The van der Waals surface area contributed by atoms with E-state index in [9.17, 15) is 19.3 Å². The highest BCUT2D eigenvalue weighted by molar-refractivity contribution is 5.96. The summed E-state index contributed by atoms with van der Waals surface area (Å²) in [6, 6.07) is 11.8. The first kappa shape index (κ1) is 26.6. The molecular weight excluding hydrogens is 466 g/mol. The highest BCUT2D eigenvalue weighted by Crippen LogP contribution is 2.26. The van der Waals surface area contributed by atoms with Crippen LogP contribution in [0.2, 0.25) is 0 Å². The highest BCUT2D eigenvalue weighted by atomic mass is 16.5. The Hall–Kier alpha value is -3.99. The summed E-state index contributed by atoms with van der Waals surface area (Å²) < 4.78 is 11.2. The molecule has 0 aromatic heterocycles. The third kappa shape index (κ3) is 6.79. The van der Waals surface area contributed by atoms with Crippen LogP contribution in [0.25, 0.3) is 0 Å². The number of hydrogen-bond donors (Lipinski definition) is 2. The van der Waals surface area contributed by atoms with Crippen LogP contribution in [-0.2, 0) is 22.7 Å². The van der Waals surface area contributed by atoms with Crippen molar-refractivity contribution in [2.45, 2.75) is 52.7 Å². The van der Waals surface area contributed by atoms with Crippen molar-refractivity contribution in [1.82, 2.24) is 15.1 Å². The first-order valence-electron chi connectivity index (χ1n) is 11.6. The lowest BCUT2D eigenvalue weighted by Gasteiger charge is -2.41. The first-order valence-corrected chi connectivity index (χ1v) is 11.6. The highest BCUT2D eigenvalue weighted by Gasteiger charge is 2.38. The van der Waals surface area contributed by atoms with Gasteiger partial charge < -0.3 is 14.8 Å². The van der Waals surface area contributed by atoms with E-state index in [1.54, 1.807) is 19.2 Å². The second-order valence-corrected chi connectivity index (χ2v) is 8.70. The number of carbonyl (C=O) groups is 3. The number of anilines is 1. The molecule has 1 aliphatic rings. The van der Waals surface area contributed by atoms with Gasteiger partial charge in [-0.25, -0.2) is 14.5 Å². The lowest BCUT2D eigenvalue weighted by Crippen LogP contribution is -2.67. The molecule has 2 N–H and O–H groups in total. The van der Waals surface area contributed by atoms with Gasteiger partial charge in [0, 0.05) is 30.1 Å². The number of amides is 5. The van der Waals surface area contributed by atoms with Gasteiger partial charge in [0.25, 0.3) is 5.91 Å². The molecule has 0 saturated carbocycles. The third-order valence-corrected chi connectivity index (χ3v) is 5.44. The van der Waals surface area contributed by atoms with Gasteiger partial charge in [0.15, 0.2) is 6.29 Å². The van der Waals surface area contributed by atoms with Crippen LogP contribution in [0.15, 0.2) is 47.6 Å². The van der Waals surface area contributed by atoms with Gasteiger partial charge in [0.2, 0.25) is 0 Å². The number of ether oxygens (including phenoxy) is 2. The van der Waals surface area contributed by atoms with Crippen molar-refractivity contribution in [1.29, 1.82) is 0 Å². The molecule has 1 unspecified atom stereocenters. The van der Waals surface area contributed by atoms with Gasteiger partial charge in [0.1, 0.15) is 5.75 Å². The molecule has 11 nitrogen and oxygen atoms in total. The Balaban J connectivity index is 1.87. The summed E-state index contributed by atoms with van der Waals surface area (Å²) >= 11 is 0. The number of rotatable bonds is 11. The van der Waals surface area contributed by atoms with E-state index < -0.39 is 24.3 Å². The summed E-state index contributed by atoms with van der Waals surface area (Å²) in [6.45, 7) is 6.06. The van der Waals surface area contributed by atoms with Crippen LogP contribution in [-0.4, -0.2) is 53.8 Å². The Bertz CT molecular complexity index is 1100. The molecule has 1 atom stereocenters. The topological polar surface area (TPSA) is 130 Å². The van der Waals surface area contributed by atoms with E-state index >= 15 is 0 Å². The van der Waals surface area contributed by atoms with Gasteiger partial charge in [-0.3, -0.25) is 15.0 Å². The number of nitrogens with zero attached hydrogens (tertiary/aromatic N) is 3. The Morgan fingerprint density at radius 2 is 1.89 bits per heavy atom. The minimum absolute atomic E-state index is 0.0213. The summed E-state index contributed by atoms with van der Waals surface area (Å²) in [5.74, 6) is -0.257. The molecule has 0 bridgehead atoms. The molecule has 192 valence electrons. The molecule has 5 amide bonds. The van der Waals surface area contributed by atoms with Crippen molar-refractivity contribution < 1.29 is 23.9 Å². The summed E-state index contributed by atoms with van der Waals surface area (Å²) in [7, 11) is 1.59. The predicted molar refractivity (Wildman–Crippen MR) is 133 cm³/mol. The van der Waals surface area contributed by atoms with E-state index in [0.717, 1.165) is 21.6 Å². The van der Waals surface area contributed by atoms with Crippen molar-refractivity contribution in [2.24, 2.45) is 5.18 Å². The van der Waals surface area contributed by atoms with Crippen molar-refractivity contribution in [3.63, 3.8) is 0 Å². The van der Waals surface area contributed by atoms with Crippen LogP contribution < -0.4 is 15.4 Å². The summed E-state index contributed by atoms with van der Waals surface area (Å²) in [5, 5.41) is 8.30. The fraction of sp³-hybridized carbons (Fsp3) is 0.400. The molecular formula is C25H31N5O6. The molecule has 0 radical (unpaired) electrons. The largest absolute Gasteiger partial charge is 0.491 e.